The summed E-state index contributed by atoms with van der Waals surface area (Å²) in [6.07, 6.45) is 16.3. The summed E-state index contributed by atoms with van der Waals surface area (Å²) in [6, 6.07) is 0. The number of hydrogen-bond donors (Lipinski definition) is 3. The number of phosphoric ester groups is 1. The zero-order valence-corrected chi connectivity index (χ0v) is 19.2. The van der Waals surface area contributed by atoms with E-state index in [1.165, 1.54) is 44.9 Å². The van der Waals surface area contributed by atoms with Crippen LogP contribution in [0.5, 0.6) is 0 Å². The van der Waals surface area contributed by atoms with Crippen LogP contribution < -0.4 is 0 Å². The molecule has 0 radical (unpaired) electrons. The van der Waals surface area contributed by atoms with Gasteiger partial charge in [-0.2, -0.15) is 6.42 Å². The van der Waals surface area contributed by atoms with Crippen molar-refractivity contribution in [3.63, 3.8) is 0 Å². The van der Waals surface area contributed by atoms with E-state index in [-0.39, 0.29) is 34.7 Å². The SMILES string of the molecule is CCCCCC[CH-]CC(O)(CCCCCCCC)CCOP(=O)(O)O.[Ti]. The smallest absolute Gasteiger partial charge is 0.392 e. The summed E-state index contributed by atoms with van der Waals surface area (Å²) >= 11 is 0. The Balaban J connectivity index is 0. The molecule has 0 spiro atoms. The first-order valence-electron chi connectivity index (χ1n) is 10.1. The van der Waals surface area contributed by atoms with Crippen LogP contribution in [0.2, 0.25) is 0 Å². The summed E-state index contributed by atoms with van der Waals surface area (Å²) < 4.78 is 15.4. The van der Waals surface area contributed by atoms with Crippen molar-refractivity contribution < 1.29 is 45.7 Å². The molecule has 0 fully saturated rings. The number of rotatable bonds is 18. The molecule has 1 atom stereocenters. The monoisotopic (exact) mass is 427 g/mol. The van der Waals surface area contributed by atoms with E-state index in [9.17, 15) is 9.67 Å². The van der Waals surface area contributed by atoms with Gasteiger partial charge in [0.2, 0.25) is 0 Å². The minimum absolute atomic E-state index is 0. The molecule has 0 saturated heterocycles. The molecule has 5 nitrogen and oxygen atoms in total. The molecule has 0 aliphatic carbocycles. The minimum atomic E-state index is -4.46. The summed E-state index contributed by atoms with van der Waals surface area (Å²) in [7, 11) is -4.46. The molecule has 7 heteroatoms. The van der Waals surface area contributed by atoms with E-state index in [0.29, 0.717) is 12.8 Å². The molecule has 0 aromatic rings. The second kappa shape index (κ2) is 17.9. The van der Waals surface area contributed by atoms with Crippen LogP contribution in [0, 0.1) is 6.42 Å². The van der Waals surface area contributed by atoms with Gasteiger partial charge in [-0.05, 0) is 12.8 Å². The van der Waals surface area contributed by atoms with Gasteiger partial charge in [-0.25, -0.2) is 4.57 Å². The Morgan fingerprint density at radius 1 is 0.885 bits per heavy atom. The Hall–Kier alpha value is 0.784. The summed E-state index contributed by atoms with van der Waals surface area (Å²) in [5.74, 6) is 0. The zero-order chi connectivity index (χ0) is 19.0. The van der Waals surface area contributed by atoms with Gasteiger partial charge in [0.15, 0.2) is 0 Å². The third kappa shape index (κ3) is 19.5. The van der Waals surface area contributed by atoms with E-state index < -0.39 is 13.4 Å². The Morgan fingerprint density at radius 3 is 2.00 bits per heavy atom. The number of hydrogen-bond acceptors (Lipinski definition) is 3. The second-order valence-electron chi connectivity index (χ2n) is 7.16. The third-order valence-corrected chi connectivity index (χ3v) is 5.13. The van der Waals surface area contributed by atoms with Crippen LogP contribution in [0.3, 0.4) is 0 Å². The largest absolute Gasteiger partial charge is 0.469 e. The molecule has 0 aliphatic heterocycles. The van der Waals surface area contributed by atoms with Gasteiger partial charge in [-0.3, -0.25) is 4.52 Å². The summed E-state index contributed by atoms with van der Waals surface area (Å²) in [6.45, 7) is 4.26. The Kier molecular flexibility index (Phi) is 19.9. The summed E-state index contributed by atoms with van der Waals surface area (Å²) in [5.41, 5.74) is -0.912. The van der Waals surface area contributed by atoms with Crippen LogP contribution in [0.25, 0.3) is 0 Å². The fourth-order valence-corrected chi connectivity index (χ4v) is 3.33. The topological polar surface area (TPSA) is 87.0 Å². The van der Waals surface area contributed by atoms with E-state index in [4.69, 9.17) is 9.79 Å². The average molecular weight is 427 g/mol. The molecule has 0 aromatic carbocycles. The molecule has 0 aliphatic rings. The van der Waals surface area contributed by atoms with Gasteiger partial charge in [0.05, 0.1) is 6.61 Å². The third-order valence-electron chi connectivity index (χ3n) is 4.61. The van der Waals surface area contributed by atoms with E-state index in [0.717, 1.165) is 25.7 Å². The molecule has 0 amide bonds. The van der Waals surface area contributed by atoms with Crippen LogP contribution in [0.4, 0.5) is 0 Å². The molecule has 0 saturated carbocycles. The van der Waals surface area contributed by atoms with Gasteiger partial charge in [0, 0.05) is 27.3 Å². The van der Waals surface area contributed by atoms with Gasteiger partial charge in [-0.15, -0.1) is 6.42 Å². The molecular weight excluding hydrogens is 387 g/mol. The van der Waals surface area contributed by atoms with Crippen molar-refractivity contribution in [3.8, 4) is 0 Å². The van der Waals surface area contributed by atoms with Crippen LogP contribution in [-0.4, -0.2) is 27.1 Å². The maximum absolute atomic E-state index is 10.8. The van der Waals surface area contributed by atoms with Crippen molar-refractivity contribution in [2.45, 2.75) is 109 Å². The van der Waals surface area contributed by atoms with Gasteiger partial charge < -0.3 is 21.3 Å². The molecule has 3 N–H and O–H groups in total. The standard InChI is InChI=1S/C19H40O5P.Ti/c1-3-5-7-9-11-13-15-19(20,17-18-24-25(21,22)23)16-14-12-10-8-6-4-2;/h13,20H,3-12,14-18H2,1-2H3,(H2,21,22,23);/q-1;. The number of phosphoric acid groups is 1. The van der Waals surface area contributed by atoms with Crippen LogP contribution in [-0.2, 0) is 30.8 Å². The molecule has 0 bridgehead atoms. The number of aliphatic hydroxyl groups is 1. The summed E-state index contributed by atoms with van der Waals surface area (Å²) in [4.78, 5) is 17.6. The van der Waals surface area contributed by atoms with E-state index in [1.54, 1.807) is 0 Å². The van der Waals surface area contributed by atoms with Gasteiger partial charge in [0.25, 0.3) is 0 Å². The summed E-state index contributed by atoms with van der Waals surface area (Å²) in [5, 5.41) is 10.8. The van der Waals surface area contributed by atoms with Crippen molar-refractivity contribution in [2.24, 2.45) is 0 Å². The van der Waals surface area contributed by atoms with Gasteiger partial charge in [-0.1, -0.05) is 78.1 Å². The normalized spacial score (nSPS) is 14.0. The molecule has 26 heavy (non-hydrogen) atoms. The Bertz CT molecular complexity index is 333. The van der Waals surface area contributed by atoms with Crippen LogP contribution in [0.1, 0.15) is 104 Å². The van der Waals surface area contributed by atoms with Crippen molar-refractivity contribution >= 4 is 7.82 Å². The van der Waals surface area contributed by atoms with Crippen LogP contribution in [0.15, 0.2) is 0 Å². The molecule has 0 aromatic heterocycles. The first kappa shape index (κ1) is 29.0. The quantitative estimate of drug-likeness (QED) is 0.116. The maximum atomic E-state index is 10.8. The molecule has 156 valence electrons. The number of unbranched alkanes of at least 4 members (excludes halogenated alkanes) is 10. The molecule has 0 rings (SSSR count). The first-order chi connectivity index (χ1) is 11.8. The Morgan fingerprint density at radius 2 is 1.42 bits per heavy atom. The van der Waals surface area contributed by atoms with E-state index >= 15 is 0 Å². The average Bonchev–Trinajstić information content (AvgIpc) is 2.53. The van der Waals surface area contributed by atoms with Gasteiger partial charge >= 0.3 is 7.82 Å². The molecule has 1 unspecified atom stereocenters. The minimum Gasteiger partial charge on any atom is -0.392 e. The van der Waals surface area contributed by atoms with Crippen molar-refractivity contribution in [1.29, 1.82) is 0 Å². The van der Waals surface area contributed by atoms with Crippen LogP contribution >= 0.6 is 7.82 Å². The predicted molar refractivity (Wildman–Crippen MR) is 103 cm³/mol. The van der Waals surface area contributed by atoms with Crippen molar-refractivity contribution in [2.75, 3.05) is 6.61 Å². The van der Waals surface area contributed by atoms with E-state index in [2.05, 4.69) is 24.8 Å². The predicted octanol–water partition coefficient (Wildman–Crippen LogP) is 5.53. The molecular formula is C19H40O5PTi-. The Labute approximate surface area is 175 Å². The molecule has 0 heterocycles. The fourth-order valence-electron chi connectivity index (χ4n) is 3.00. The zero-order valence-electron chi connectivity index (χ0n) is 16.8. The maximum Gasteiger partial charge on any atom is 0.469 e. The second-order valence-corrected chi connectivity index (χ2v) is 8.40. The van der Waals surface area contributed by atoms with Gasteiger partial charge in [0.1, 0.15) is 0 Å². The van der Waals surface area contributed by atoms with E-state index in [1.807, 2.05) is 0 Å². The van der Waals surface area contributed by atoms with Crippen molar-refractivity contribution in [3.05, 3.63) is 6.42 Å². The first-order valence-corrected chi connectivity index (χ1v) is 11.6. The van der Waals surface area contributed by atoms with Crippen molar-refractivity contribution in [1.82, 2.24) is 0 Å². The fraction of sp³-hybridized carbons (Fsp3) is 0.947.